The molecular weight excluding hydrogens is 324 g/mol. The zero-order valence-electron chi connectivity index (χ0n) is 16.9. The summed E-state index contributed by atoms with van der Waals surface area (Å²) < 4.78 is 0. The number of benzene rings is 4. The summed E-state index contributed by atoms with van der Waals surface area (Å²) in [6.45, 7) is 9.29. The SMILES string of the molecule is CCC1=C(c2cc3ccc4ccc(C(C)C)c5ccc(c2)c3c45)CC(C)C1. The molecule has 0 fully saturated rings. The summed E-state index contributed by atoms with van der Waals surface area (Å²) in [5, 5.41) is 8.47. The van der Waals surface area contributed by atoms with E-state index in [0.29, 0.717) is 5.92 Å². The van der Waals surface area contributed by atoms with E-state index >= 15 is 0 Å². The minimum absolute atomic E-state index is 0.544. The molecule has 0 N–H and O–H groups in total. The molecule has 0 heteroatoms. The van der Waals surface area contributed by atoms with Gasteiger partial charge in [0.05, 0.1) is 0 Å². The van der Waals surface area contributed by atoms with Crippen LogP contribution in [0, 0.1) is 5.92 Å². The molecule has 1 aliphatic rings. The van der Waals surface area contributed by atoms with Gasteiger partial charge in [-0.05, 0) is 92.2 Å². The monoisotopic (exact) mass is 352 g/mol. The predicted octanol–water partition coefficient (Wildman–Crippen LogP) is 8.30. The Kier molecular flexibility index (Phi) is 3.79. The summed E-state index contributed by atoms with van der Waals surface area (Å²) in [5.74, 6) is 1.33. The zero-order chi connectivity index (χ0) is 18.7. The third kappa shape index (κ3) is 2.50. The van der Waals surface area contributed by atoms with Gasteiger partial charge in [0.15, 0.2) is 0 Å². The molecule has 5 rings (SSSR count). The molecule has 0 amide bonds. The van der Waals surface area contributed by atoms with Gasteiger partial charge < -0.3 is 0 Å². The van der Waals surface area contributed by atoms with Crippen LogP contribution < -0.4 is 0 Å². The Morgan fingerprint density at radius 2 is 1.52 bits per heavy atom. The molecule has 0 nitrogen and oxygen atoms in total. The fraction of sp³-hybridized carbons (Fsp3) is 0.333. The molecule has 4 aromatic rings. The van der Waals surface area contributed by atoms with Crippen LogP contribution in [0.2, 0.25) is 0 Å². The Morgan fingerprint density at radius 3 is 2.22 bits per heavy atom. The first kappa shape index (κ1) is 16.8. The molecular formula is C27H28. The van der Waals surface area contributed by atoms with Gasteiger partial charge in [0.25, 0.3) is 0 Å². The van der Waals surface area contributed by atoms with E-state index in [9.17, 15) is 0 Å². The fourth-order valence-corrected chi connectivity index (χ4v) is 5.31. The zero-order valence-corrected chi connectivity index (χ0v) is 16.9. The van der Waals surface area contributed by atoms with Crippen molar-refractivity contribution in [1.29, 1.82) is 0 Å². The molecule has 0 bridgehead atoms. The van der Waals surface area contributed by atoms with Crippen molar-refractivity contribution < 1.29 is 0 Å². The molecule has 0 spiro atoms. The van der Waals surface area contributed by atoms with E-state index in [4.69, 9.17) is 0 Å². The van der Waals surface area contributed by atoms with Gasteiger partial charge in [-0.3, -0.25) is 0 Å². The minimum Gasteiger partial charge on any atom is -0.0664 e. The van der Waals surface area contributed by atoms with Crippen LogP contribution in [0.3, 0.4) is 0 Å². The lowest BCUT2D eigenvalue weighted by molar-refractivity contribution is 0.625. The first-order valence-electron chi connectivity index (χ1n) is 10.5. The van der Waals surface area contributed by atoms with E-state index in [2.05, 4.69) is 76.2 Å². The van der Waals surface area contributed by atoms with Crippen LogP contribution in [-0.2, 0) is 0 Å². The standard InChI is InChI=1S/C27H28/c1-5-18-12-17(4)13-25(18)22-14-20-7-6-19-8-10-23(16(2)3)24-11-9-21(15-22)26(20)27(19)24/h6-11,14-17H,5,12-13H2,1-4H3. The molecule has 1 atom stereocenters. The Bertz CT molecular complexity index is 1170. The van der Waals surface area contributed by atoms with Crippen molar-refractivity contribution in [3.05, 3.63) is 65.2 Å². The van der Waals surface area contributed by atoms with Crippen molar-refractivity contribution in [2.45, 2.75) is 52.9 Å². The van der Waals surface area contributed by atoms with Crippen molar-refractivity contribution in [3.63, 3.8) is 0 Å². The number of rotatable bonds is 3. The normalized spacial score (nSPS) is 18.0. The van der Waals surface area contributed by atoms with Gasteiger partial charge in [0, 0.05) is 0 Å². The van der Waals surface area contributed by atoms with Gasteiger partial charge in [0.2, 0.25) is 0 Å². The molecule has 4 aromatic carbocycles. The quantitative estimate of drug-likeness (QED) is 0.325. The lowest BCUT2D eigenvalue weighted by Crippen LogP contribution is -1.93. The topological polar surface area (TPSA) is 0 Å². The van der Waals surface area contributed by atoms with Gasteiger partial charge in [-0.1, -0.05) is 69.7 Å². The van der Waals surface area contributed by atoms with Crippen molar-refractivity contribution in [3.8, 4) is 0 Å². The van der Waals surface area contributed by atoms with Crippen LogP contribution in [0.5, 0.6) is 0 Å². The number of hydrogen-bond donors (Lipinski definition) is 0. The highest BCUT2D eigenvalue weighted by Crippen LogP contribution is 2.43. The van der Waals surface area contributed by atoms with Gasteiger partial charge >= 0.3 is 0 Å². The summed E-state index contributed by atoms with van der Waals surface area (Å²) in [5.41, 5.74) is 6.18. The Labute approximate surface area is 162 Å². The van der Waals surface area contributed by atoms with Crippen molar-refractivity contribution in [1.82, 2.24) is 0 Å². The van der Waals surface area contributed by atoms with Crippen LogP contribution in [0.25, 0.3) is 37.9 Å². The molecule has 1 unspecified atom stereocenters. The third-order valence-corrected chi connectivity index (χ3v) is 6.60. The van der Waals surface area contributed by atoms with Gasteiger partial charge in [-0.25, -0.2) is 0 Å². The molecule has 0 saturated heterocycles. The Hall–Kier alpha value is -2.34. The van der Waals surface area contributed by atoms with Crippen molar-refractivity contribution in [2.24, 2.45) is 5.92 Å². The van der Waals surface area contributed by atoms with Gasteiger partial charge in [0.1, 0.15) is 0 Å². The summed E-state index contributed by atoms with van der Waals surface area (Å²) >= 11 is 0. The van der Waals surface area contributed by atoms with E-state index in [1.807, 2.05) is 0 Å². The highest BCUT2D eigenvalue weighted by Gasteiger charge is 2.22. The summed E-state index contributed by atoms with van der Waals surface area (Å²) in [6.07, 6.45) is 3.69. The first-order valence-corrected chi connectivity index (χ1v) is 10.5. The smallest absolute Gasteiger partial charge is 0.00239 e. The van der Waals surface area contributed by atoms with E-state index in [1.165, 1.54) is 62.7 Å². The summed E-state index contributed by atoms with van der Waals surface area (Å²) in [4.78, 5) is 0. The van der Waals surface area contributed by atoms with E-state index in [0.717, 1.165) is 5.92 Å². The maximum absolute atomic E-state index is 2.45. The first-order chi connectivity index (χ1) is 13.1. The van der Waals surface area contributed by atoms with Crippen LogP contribution >= 0.6 is 0 Å². The average molecular weight is 353 g/mol. The van der Waals surface area contributed by atoms with Crippen LogP contribution in [0.15, 0.2) is 54.1 Å². The number of allylic oxidation sites excluding steroid dienone is 2. The van der Waals surface area contributed by atoms with Crippen LogP contribution in [0.4, 0.5) is 0 Å². The van der Waals surface area contributed by atoms with Crippen LogP contribution in [-0.4, -0.2) is 0 Å². The third-order valence-electron chi connectivity index (χ3n) is 6.60. The Morgan fingerprint density at radius 1 is 0.852 bits per heavy atom. The van der Waals surface area contributed by atoms with Gasteiger partial charge in [-0.2, -0.15) is 0 Å². The largest absolute Gasteiger partial charge is 0.0664 e. The molecule has 0 radical (unpaired) electrons. The molecule has 1 aliphatic carbocycles. The average Bonchev–Trinajstić information content (AvgIpc) is 3.06. The summed E-state index contributed by atoms with van der Waals surface area (Å²) in [7, 11) is 0. The molecule has 0 heterocycles. The predicted molar refractivity (Wildman–Crippen MR) is 120 cm³/mol. The number of hydrogen-bond acceptors (Lipinski definition) is 0. The molecule has 0 aromatic heterocycles. The molecule has 136 valence electrons. The lowest BCUT2D eigenvalue weighted by Gasteiger charge is -2.17. The second kappa shape index (κ2) is 6.09. The summed E-state index contributed by atoms with van der Waals surface area (Å²) in [6, 6.07) is 18.9. The van der Waals surface area contributed by atoms with Gasteiger partial charge in [-0.15, -0.1) is 0 Å². The molecule has 0 saturated carbocycles. The maximum Gasteiger partial charge on any atom is -0.00239 e. The van der Waals surface area contributed by atoms with Crippen molar-refractivity contribution >= 4 is 37.9 Å². The van der Waals surface area contributed by atoms with E-state index in [-0.39, 0.29) is 0 Å². The highest BCUT2D eigenvalue weighted by molar-refractivity contribution is 6.24. The minimum atomic E-state index is 0.544. The maximum atomic E-state index is 2.45. The van der Waals surface area contributed by atoms with Crippen LogP contribution in [0.1, 0.15) is 64.0 Å². The lowest BCUT2D eigenvalue weighted by atomic mass is 9.87. The highest BCUT2D eigenvalue weighted by atomic mass is 14.3. The Balaban J connectivity index is 1.83. The van der Waals surface area contributed by atoms with Crippen molar-refractivity contribution in [2.75, 3.05) is 0 Å². The molecule has 27 heavy (non-hydrogen) atoms. The second-order valence-electron chi connectivity index (χ2n) is 8.83. The van der Waals surface area contributed by atoms with E-state index < -0.39 is 0 Å². The molecule has 0 aliphatic heterocycles. The van der Waals surface area contributed by atoms with E-state index in [1.54, 1.807) is 11.1 Å². The fourth-order valence-electron chi connectivity index (χ4n) is 5.31. The second-order valence-corrected chi connectivity index (χ2v) is 8.83.